The summed E-state index contributed by atoms with van der Waals surface area (Å²) < 4.78 is 2.67. The molecule has 24 heavy (non-hydrogen) atoms. The van der Waals surface area contributed by atoms with E-state index in [0.717, 1.165) is 47.9 Å². The quantitative estimate of drug-likeness (QED) is 0.777. The Kier molecular flexibility index (Phi) is 5.58. The standard InChI is InChI=1S/C17H20BrClN4O/c1-13-16(18)10-20-23(13)12-17(24)22-7-5-21(6-8-22)11-14-3-2-4-15(19)9-14/h2-4,9-10H,5-8,11-12H2,1H3. The summed E-state index contributed by atoms with van der Waals surface area (Å²) in [6, 6.07) is 7.94. The average Bonchev–Trinajstić information content (AvgIpc) is 2.87. The SMILES string of the molecule is Cc1c(Br)cnn1CC(=O)N1CCN(Cc2cccc(Cl)c2)CC1. The van der Waals surface area contributed by atoms with Gasteiger partial charge in [0, 0.05) is 37.7 Å². The molecule has 1 aliphatic heterocycles. The molecule has 2 heterocycles. The Bertz CT molecular complexity index is 725. The number of halogens is 2. The lowest BCUT2D eigenvalue weighted by atomic mass is 10.2. The number of nitrogens with zero attached hydrogens (tertiary/aromatic N) is 4. The van der Waals surface area contributed by atoms with Crippen molar-refractivity contribution in [2.75, 3.05) is 26.2 Å². The van der Waals surface area contributed by atoms with Crippen molar-refractivity contribution in [3.8, 4) is 0 Å². The summed E-state index contributed by atoms with van der Waals surface area (Å²) in [7, 11) is 0. The Morgan fingerprint density at radius 2 is 2.04 bits per heavy atom. The number of carbonyl (C=O) groups is 1. The molecule has 1 amide bonds. The molecule has 3 rings (SSSR count). The highest BCUT2D eigenvalue weighted by Crippen LogP contribution is 2.16. The van der Waals surface area contributed by atoms with Gasteiger partial charge < -0.3 is 4.90 Å². The molecule has 1 fully saturated rings. The van der Waals surface area contributed by atoms with E-state index in [0.29, 0.717) is 6.54 Å². The van der Waals surface area contributed by atoms with Crippen LogP contribution < -0.4 is 0 Å². The molecule has 0 unspecified atom stereocenters. The van der Waals surface area contributed by atoms with Gasteiger partial charge in [-0.3, -0.25) is 14.4 Å². The Morgan fingerprint density at radius 1 is 1.29 bits per heavy atom. The van der Waals surface area contributed by atoms with Crippen LogP contribution in [0.4, 0.5) is 0 Å². The van der Waals surface area contributed by atoms with E-state index in [1.807, 2.05) is 30.0 Å². The third kappa shape index (κ3) is 4.18. The van der Waals surface area contributed by atoms with Crippen LogP contribution in [0.15, 0.2) is 34.9 Å². The second kappa shape index (κ2) is 7.68. The van der Waals surface area contributed by atoms with E-state index < -0.39 is 0 Å². The van der Waals surface area contributed by atoms with Crippen LogP contribution in [-0.4, -0.2) is 51.7 Å². The van der Waals surface area contributed by atoms with E-state index in [1.54, 1.807) is 10.9 Å². The van der Waals surface area contributed by atoms with Crippen LogP contribution in [0.2, 0.25) is 5.02 Å². The summed E-state index contributed by atoms with van der Waals surface area (Å²) in [5.41, 5.74) is 2.18. The van der Waals surface area contributed by atoms with Gasteiger partial charge in [-0.15, -0.1) is 0 Å². The zero-order chi connectivity index (χ0) is 17.1. The maximum Gasteiger partial charge on any atom is 0.244 e. The molecule has 7 heteroatoms. The zero-order valence-corrected chi connectivity index (χ0v) is 15.9. The fraction of sp³-hybridized carbons (Fsp3) is 0.412. The van der Waals surface area contributed by atoms with Gasteiger partial charge >= 0.3 is 0 Å². The van der Waals surface area contributed by atoms with Gasteiger partial charge in [-0.2, -0.15) is 5.10 Å². The summed E-state index contributed by atoms with van der Waals surface area (Å²) in [5.74, 6) is 0.121. The number of carbonyl (C=O) groups excluding carboxylic acids is 1. The summed E-state index contributed by atoms with van der Waals surface area (Å²) in [6.07, 6.45) is 1.73. The van der Waals surface area contributed by atoms with E-state index >= 15 is 0 Å². The molecule has 2 aromatic rings. The lowest BCUT2D eigenvalue weighted by molar-refractivity contribution is -0.133. The zero-order valence-electron chi connectivity index (χ0n) is 13.6. The molecule has 1 saturated heterocycles. The highest BCUT2D eigenvalue weighted by Gasteiger charge is 2.22. The molecule has 0 saturated carbocycles. The smallest absolute Gasteiger partial charge is 0.244 e. The molecule has 1 aromatic carbocycles. The highest BCUT2D eigenvalue weighted by molar-refractivity contribution is 9.10. The minimum absolute atomic E-state index is 0.121. The number of piperazine rings is 1. The predicted molar refractivity (Wildman–Crippen MR) is 98.0 cm³/mol. The van der Waals surface area contributed by atoms with Crippen LogP contribution in [0.25, 0.3) is 0 Å². The Hall–Kier alpha value is -1.37. The Labute approximate surface area is 155 Å². The van der Waals surface area contributed by atoms with Gasteiger partial charge in [0.15, 0.2) is 0 Å². The molecule has 0 radical (unpaired) electrons. The molecule has 0 N–H and O–H groups in total. The van der Waals surface area contributed by atoms with Gasteiger partial charge in [-0.1, -0.05) is 23.7 Å². The van der Waals surface area contributed by atoms with E-state index in [1.165, 1.54) is 5.56 Å². The van der Waals surface area contributed by atoms with Gasteiger partial charge in [-0.05, 0) is 40.5 Å². The molecule has 5 nitrogen and oxygen atoms in total. The third-order valence-corrected chi connectivity index (χ3v) is 5.36. The molecular formula is C17H20BrClN4O. The number of hydrogen-bond donors (Lipinski definition) is 0. The first-order valence-corrected chi connectivity index (χ1v) is 9.12. The fourth-order valence-corrected chi connectivity index (χ4v) is 3.37. The molecule has 0 aliphatic carbocycles. The lowest BCUT2D eigenvalue weighted by Crippen LogP contribution is -2.49. The number of benzene rings is 1. The molecule has 1 aromatic heterocycles. The topological polar surface area (TPSA) is 41.4 Å². The fourth-order valence-electron chi connectivity index (χ4n) is 2.86. The van der Waals surface area contributed by atoms with Crippen LogP contribution in [0, 0.1) is 6.92 Å². The summed E-state index contributed by atoms with van der Waals surface area (Å²) in [4.78, 5) is 16.7. The summed E-state index contributed by atoms with van der Waals surface area (Å²) in [5, 5.41) is 4.99. The van der Waals surface area contributed by atoms with E-state index in [-0.39, 0.29) is 5.91 Å². The predicted octanol–water partition coefficient (Wildman–Crippen LogP) is 2.95. The van der Waals surface area contributed by atoms with Crippen LogP contribution in [-0.2, 0) is 17.9 Å². The molecular weight excluding hydrogens is 392 g/mol. The second-order valence-electron chi connectivity index (χ2n) is 6.02. The van der Waals surface area contributed by atoms with E-state index in [9.17, 15) is 4.79 Å². The van der Waals surface area contributed by atoms with Gasteiger partial charge in [0.05, 0.1) is 16.4 Å². The number of amides is 1. The number of rotatable bonds is 4. The maximum atomic E-state index is 12.5. The molecule has 0 bridgehead atoms. The van der Waals surface area contributed by atoms with Gasteiger partial charge in [0.25, 0.3) is 0 Å². The number of hydrogen-bond acceptors (Lipinski definition) is 3. The van der Waals surface area contributed by atoms with Crippen molar-refractivity contribution < 1.29 is 4.79 Å². The minimum Gasteiger partial charge on any atom is -0.339 e. The first-order valence-electron chi connectivity index (χ1n) is 7.95. The van der Waals surface area contributed by atoms with Crippen molar-refractivity contribution in [1.82, 2.24) is 19.6 Å². The first-order chi connectivity index (χ1) is 11.5. The summed E-state index contributed by atoms with van der Waals surface area (Å²) >= 11 is 9.46. The molecule has 0 atom stereocenters. The normalized spacial score (nSPS) is 15.7. The van der Waals surface area contributed by atoms with Crippen molar-refractivity contribution in [3.63, 3.8) is 0 Å². The van der Waals surface area contributed by atoms with Crippen molar-refractivity contribution in [1.29, 1.82) is 0 Å². The van der Waals surface area contributed by atoms with Crippen LogP contribution >= 0.6 is 27.5 Å². The van der Waals surface area contributed by atoms with Crippen molar-refractivity contribution >= 4 is 33.4 Å². The van der Waals surface area contributed by atoms with Gasteiger partial charge in [0.2, 0.25) is 5.91 Å². The highest BCUT2D eigenvalue weighted by atomic mass is 79.9. The Balaban J connectivity index is 1.51. The van der Waals surface area contributed by atoms with Crippen molar-refractivity contribution in [3.05, 3.63) is 51.2 Å². The van der Waals surface area contributed by atoms with Gasteiger partial charge in [0.1, 0.15) is 6.54 Å². The average molecular weight is 412 g/mol. The number of aromatic nitrogens is 2. The molecule has 1 aliphatic rings. The van der Waals surface area contributed by atoms with E-state index in [2.05, 4.69) is 32.0 Å². The lowest BCUT2D eigenvalue weighted by Gasteiger charge is -2.34. The molecule has 128 valence electrons. The largest absolute Gasteiger partial charge is 0.339 e. The van der Waals surface area contributed by atoms with Gasteiger partial charge in [-0.25, -0.2) is 0 Å². The second-order valence-corrected chi connectivity index (χ2v) is 7.31. The monoisotopic (exact) mass is 410 g/mol. The van der Waals surface area contributed by atoms with Crippen LogP contribution in [0.1, 0.15) is 11.3 Å². The first kappa shape index (κ1) is 17.5. The third-order valence-electron chi connectivity index (χ3n) is 4.35. The Morgan fingerprint density at radius 3 is 2.67 bits per heavy atom. The molecule has 0 spiro atoms. The van der Waals surface area contributed by atoms with Crippen molar-refractivity contribution in [2.45, 2.75) is 20.0 Å². The minimum atomic E-state index is 0.121. The van der Waals surface area contributed by atoms with Crippen LogP contribution in [0.3, 0.4) is 0 Å². The van der Waals surface area contributed by atoms with Crippen LogP contribution in [0.5, 0.6) is 0 Å². The van der Waals surface area contributed by atoms with Crippen molar-refractivity contribution in [2.24, 2.45) is 0 Å². The van der Waals surface area contributed by atoms with E-state index in [4.69, 9.17) is 11.6 Å². The summed E-state index contributed by atoms with van der Waals surface area (Å²) in [6.45, 7) is 6.37. The maximum absolute atomic E-state index is 12.5.